The van der Waals surface area contributed by atoms with E-state index in [1.807, 2.05) is 30.3 Å². The molecule has 26 heavy (non-hydrogen) atoms. The number of nitrogens with zero attached hydrogens (tertiary/aromatic N) is 1. The van der Waals surface area contributed by atoms with Crippen molar-refractivity contribution in [1.82, 2.24) is 4.90 Å². The maximum Gasteiger partial charge on any atom is 0.317 e. The van der Waals surface area contributed by atoms with Gasteiger partial charge in [0.1, 0.15) is 30.8 Å². The van der Waals surface area contributed by atoms with Crippen LogP contribution in [0.1, 0.15) is 37.7 Å². The smallest absolute Gasteiger partial charge is 0.317 e. The Balaban J connectivity index is 1.42. The lowest BCUT2D eigenvalue weighted by molar-refractivity contribution is -0.159. The van der Waals surface area contributed by atoms with Crippen LogP contribution >= 0.6 is 0 Å². The molecule has 6 heteroatoms. The van der Waals surface area contributed by atoms with Gasteiger partial charge in [-0.15, -0.1) is 0 Å². The van der Waals surface area contributed by atoms with Crippen molar-refractivity contribution < 1.29 is 23.8 Å². The van der Waals surface area contributed by atoms with Crippen molar-refractivity contribution in [1.29, 1.82) is 0 Å². The molecule has 1 aromatic carbocycles. The summed E-state index contributed by atoms with van der Waals surface area (Å²) in [6, 6.07) is 10.1. The molecule has 0 aromatic heterocycles. The minimum atomic E-state index is -0.588. The number of carbonyl (C=O) groups is 2. The Kier molecular flexibility index (Phi) is 4.71. The van der Waals surface area contributed by atoms with Gasteiger partial charge in [0.05, 0.1) is 0 Å². The number of ether oxygens (including phenoxy) is 3. The normalized spacial score (nSPS) is 33.2. The first kappa shape index (κ1) is 17.5. The van der Waals surface area contributed by atoms with Gasteiger partial charge in [0.2, 0.25) is 0 Å². The van der Waals surface area contributed by atoms with Gasteiger partial charge in [0.15, 0.2) is 0 Å². The van der Waals surface area contributed by atoms with Crippen LogP contribution in [-0.4, -0.2) is 60.9 Å². The van der Waals surface area contributed by atoms with Crippen molar-refractivity contribution >= 4 is 11.9 Å². The van der Waals surface area contributed by atoms with E-state index in [0.29, 0.717) is 24.3 Å². The van der Waals surface area contributed by atoms with Gasteiger partial charge in [0, 0.05) is 31.3 Å². The van der Waals surface area contributed by atoms with Crippen LogP contribution in [0.15, 0.2) is 30.3 Å². The maximum atomic E-state index is 12.9. The van der Waals surface area contributed by atoms with E-state index >= 15 is 0 Å². The monoisotopic (exact) mass is 359 g/mol. The van der Waals surface area contributed by atoms with E-state index in [-0.39, 0.29) is 31.1 Å². The summed E-state index contributed by atoms with van der Waals surface area (Å²) < 4.78 is 16.8. The summed E-state index contributed by atoms with van der Waals surface area (Å²) in [5, 5.41) is 0. The van der Waals surface area contributed by atoms with Gasteiger partial charge in [-0.1, -0.05) is 37.3 Å². The quantitative estimate of drug-likeness (QED) is 0.571. The molecule has 3 aliphatic rings. The fourth-order valence-electron chi connectivity index (χ4n) is 4.31. The fraction of sp³-hybridized carbons (Fsp3) is 0.600. The summed E-state index contributed by atoms with van der Waals surface area (Å²) in [4.78, 5) is 26.8. The Morgan fingerprint density at radius 3 is 2.46 bits per heavy atom. The highest BCUT2D eigenvalue weighted by Gasteiger charge is 2.62. The second-order valence-electron chi connectivity index (χ2n) is 7.40. The minimum Gasteiger partial charge on any atom is -0.464 e. The van der Waals surface area contributed by atoms with Crippen LogP contribution in [0.25, 0.3) is 0 Å². The van der Waals surface area contributed by atoms with Crippen LogP contribution in [0.3, 0.4) is 0 Å². The van der Waals surface area contributed by atoms with Crippen molar-refractivity contribution in [3.8, 4) is 0 Å². The maximum absolute atomic E-state index is 12.9. The molecule has 6 nitrogen and oxygen atoms in total. The predicted octanol–water partition coefficient (Wildman–Crippen LogP) is 1.88. The lowest BCUT2D eigenvalue weighted by atomic mass is 9.97. The molecule has 0 saturated carbocycles. The SMILES string of the molecule is CCC(=O)OC[C@@H](C(=O)OC1C[C@@H]2[C@H]3O[C@H]3[C@H](C1)N2C)c1ccccc1. The molecule has 4 rings (SSSR count). The standard InChI is InChI=1S/C20H25NO5/c1-3-17(22)24-11-14(12-7-5-4-6-8-12)20(23)25-13-9-15-18-19(26-18)16(10-13)21(15)2/h4-8,13-16,18-19H,3,9-11H2,1-2H3/t13?,14-,15-,16+,18-,19+/m1/s1. The van der Waals surface area contributed by atoms with Crippen LogP contribution in [0.2, 0.25) is 0 Å². The van der Waals surface area contributed by atoms with Crippen LogP contribution in [0.4, 0.5) is 0 Å². The molecule has 2 bridgehead atoms. The number of hydrogen-bond donors (Lipinski definition) is 0. The largest absolute Gasteiger partial charge is 0.464 e. The second kappa shape index (κ2) is 7.00. The first-order valence-electron chi connectivity index (χ1n) is 9.37. The highest BCUT2D eigenvalue weighted by molar-refractivity contribution is 5.79. The molecule has 0 spiro atoms. The predicted molar refractivity (Wildman–Crippen MR) is 93.5 cm³/mol. The van der Waals surface area contributed by atoms with Crippen molar-refractivity contribution in [2.75, 3.05) is 13.7 Å². The van der Waals surface area contributed by atoms with Crippen LogP contribution < -0.4 is 0 Å². The van der Waals surface area contributed by atoms with Gasteiger partial charge < -0.3 is 14.2 Å². The summed E-state index contributed by atoms with van der Waals surface area (Å²) in [5.74, 6) is -1.22. The van der Waals surface area contributed by atoms with Crippen molar-refractivity contribution in [3.05, 3.63) is 35.9 Å². The summed E-state index contributed by atoms with van der Waals surface area (Å²) in [6.07, 6.45) is 2.41. The minimum absolute atomic E-state index is 0.0172. The molecule has 1 unspecified atom stereocenters. The van der Waals surface area contributed by atoms with Crippen molar-refractivity contribution in [2.24, 2.45) is 0 Å². The summed E-state index contributed by atoms with van der Waals surface area (Å²) in [6.45, 7) is 1.75. The Morgan fingerprint density at radius 2 is 1.85 bits per heavy atom. The van der Waals surface area contributed by atoms with E-state index in [9.17, 15) is 9.59 Å². The van der Waals surface area contributed by atoms with E-state index in [0.717, 1.165) is 18.4 Å². The van der Waals surface area contributed by atoms with Gasteiger partial charge in [-0.2, -0.15) is 0 Å². The number of benzene rings is 1. The first-order valence-corrected chi connectivity index (χ1v) is 9.37. The van der Waals surface area contributed by atoms with Gasteiger partial charge >= 0.3 is 11.9 Å². The Labute approximate surface area is 153 Å². The molecule has 1 aromatic rings. The molecule has 0 amide bonds. The van der Waals surface area contributed by atoms with E-state index < -0.39 is 5.92 Å². The lowest BCUT2D eigenvalue weighted by Gasteiger charge is -2.38. The Hall–Kier alpha value is -1.92. The summed E-state index contributed by atoms with van der Waals surface area (Å²) in [7, 11) is 2.12. The number of esters is 2. The molecule has 3 fully saturated rings. The molecular weight excluding hydrogens is 334 g/mol. The number of rotatable bonds is 6. The lowest BCUT2D eigenvalue weighted by Crippen LogP contribution is -2.48. The van der Waals surface area contributed by atoms with Gasteiger partial charge in [-0.25, -0.2) is 0 Å². The highest BCUT2D eigenvalue weighted by atomic mass is 16.6. The number of epoxide rings is 1. The molecule has 0 radical (unpaired) electrons. The van der Waals surface area contributed by atoms with Crippen LogP contribution in [0, 0.1) is 0 Å². The molecule has 6 atom stereocenters. The molecule has 3 heterocycles. The van der Waals surface area contributed by atoms with E-state index in [4.69, 9.17) is 14.2 Å². The summed E-state index contributed by atoms with van der Waals surface area (Å²) in [5.41, 5.74) is 0.809. The number of likely N-dealkylation sites (N-methyl/N-ethyl adjacent to an activating group) is 1. The average Bonchev–Trinajstić information content (AvgIpc) is 3.41. The van der Waals surface area contributed by atoms with Crippen LogP contribution in [-0.2, 0) is 23.8 Å². The molecule has 3 aliphatic heterocycles. The average molecular weight is 359 g/mol. The highest BCUT2D eigenvalue weighted by Crippen LogP contribution is 2.48. The second-order valence-corrected chi connectivity index (χ2v) is 7.40. The zero-order chi connectivity index (χ0) is 18.3. The third-order valence-corrected chi connectivity index (χ3v) is 5.84. The zero-order valence-corrected chi connectivity index (χ0v) is 15.2. The number of hydrogen-bond acceptors (Lipinski definition) is 6. The fourth-order valence-corrected chi connectivity index (χ4v) is 4.31. The number of piperidine rings is 1. The zero-order valence-electron chi connectivity index (χ0n) is 15.2. The van der Waals surface area contributed by atoms with Gasteiger partial charge in [0.25, 0.3) is 0 Å². The van der Waals surface area contributed by atoms with E-state index in [1.165, 1.54) is 0 Å². The Morgan fingerprint density at radius 1 is 1.19 bits per heavy atom. The third kappa shape index (κ3) is 3.23. The van der Waals surface area contributed by atoms with Gasteiger partial charge in [-0.05, 0) is 12.6 Å². The van der Waals surface area contributed by atoms with E-state index in [1.54, 1.807) is 6.92 Å². The topological polar surface area (TPSA) is 68.4 Å². The molecule has 0 N–H and O–H groups in total. The molecule has 0 aliphatic carbocycles. The summed E-state index contributed by atoms with van der Waals surface area (Å²) >= 11 is 0. The molecular formula is C20H25NO5. The Bertz CT molecular complexity index is 660. The van der Waals surface area contributed by atoms with Gasteiger partial charge in [-0.3, -0.25) is 14.5 Å². The first-order chi connectivity index (χ1) is 12.6. The molecule has 3 saturated heterocycles. The number of morpholine rings is 1. The van der Waals surface area contributed by atoms with Crippen molar-refractivity contribution in [3.63, 3.8) is 0 Å². The van der Waals surface area contributed by atoms with Crippen LogP contribution in [0.5, 0.6) is 0 Å². The molecule has 140 valence electrons. The number of carbonyl (C=O) groups excluding carboxylic acids is 2. The van der Waals surface area contributed by atoms with Crippen molar-refractivity contribution in [2.45, 2.75) is 62.5 Å². The van der Waals surface area contributed by atoms with E-state index in [2.05, 4.69) is 11.9 Å². The third-order valence-electron chi connectivity index (χ3n) is 5.84. The number of fused-ring (bicyclic) bond motifs is 5.